The Kier molecular flexibility index (Phi) is 2.47. The summed E-state index contributed by atoms with van der Waals surface area (Å²) in [6, 6.07) is 4.00. The van der Waals surface area contributed by atoms with Crippen LogP contribution in [0.1, 0.15) is 17.7 Å². The molecule has 3 heteroatoms. The summed E-state index contributed by atoms with van der Waals surface area (Å²) in [5.74, 6) is 0. The van der Waals surface area contributed by atoms with Gasteiger partial charge in [-0.2, -0.15) is 0 Å². The average molecular weight is 195 g/mol. The lowest BCUT2D eigenvalue weighted by Gasteiger charge is -2.29. The van der Waals surface area contributed by atoms with Gasteiger partial charge in [-0.15, -0.1) is 11.3 Å². The van der Waals surface area contributed by atoms with E-state index in [-0.39, 0.29) is 5.41 Å². The molecule has 1 radical (unpaired) electrons. The third kappa shape index (κ3) is 1.54. The van der Waals surface area contributed by atoms with Gasteiger partial charge in [0.25, 0.3) is 0 Å². The number of hydrogen-bond donors (Lipinski definition) is 0. The van der Waals surface area contributed by atoms with Crippen LogP contribution >= 0.6 is 11.3 Å². The van der Waals surface area contributed by atoms with Crippen molar-refractivity contribution in [3.63, 3.8) is 0 Å². The average Bonchev–Trinajstić information content (AvgIpc) is 2.72. The molecule has 1 saturated heterocycles. The number of carbonyl (C=O) groups excluding carboxylic acids is 1. The van der Waals surface area contributed by atoms with E-state index in [0.29, 0.717) is 13.2 Å². The van der Waals surface area contributed by atoms with Gasteiger partial charge in [-0.25, -0.2) is 0 Å². The zero-order chi connectivity index (χ0) is 9.15. The second kappa shape index (κ2) is 3.60. The van der Waals surface area contributed by atoms with Crippen molar-refractivity contribution < 1.29 is 9.53 Å². The minimum absolute atomic E-state index is 0.369. The fourth-order valence-electron chi connectivity index (χ4n) is 1.67. The van der Waals surface area contributed by atoms with Gasteiger partial charge in [0, 0.05) is 18.1 Å². The Hall–Kier alpha value is -0.670. The van der Waals surface area contributed by atoms with Gasteiger partial charge in [-0.1, -0.05) is 6.07 Å². The van der Waals surface area contributed by atoms with Gasteiger partial charge in [0.15, 0.2) is 0 Å². The first-order valence-electron chi connectivity index (χ1n) is 4.38. The zero-order valence-corrected chi connectivity index (χ0v) is 8.10. The van der Waals surface area contributed by atoms with Gasteiger partial charge in [-0.05, 0) is 24.3 Å². The lowest BCUT2D eigenvalue weighted by molar-refractivity contribution is 0.0709. The summed E-state index contributed by atoms with van der Waals surface area (Å²) in [7, 11) is 0. The van der Waals surface area contributed by atoms with E-state index in [1.807, 2.05) is 17.5 Å². The van der Waals surface area contributed by atoms with E-state index >= 15 is 0 Å². The molecule has 0 amide bonds. The highest BCUT2D eigenvalue weighted by molar-refractivity contribution is 7.10. The predicted molar refractivity (Wildman–Crippen MR) is 51.7 cm³/mol. The molecule has 1 fully saturated rings. The van der Waals surface area contributed by atoms with E-state index in [9.17, 15) is 4.79 Å². The van der Waals surface area contributed by atoms with Crippen LogP contribution in [0.25, 0.3) is 0 Å². The Morgan fingerprint density at radius 1 is 1.46 bits per heavy atom. The Morgan fingerprint density at radius 2 is 2.23 bits per heavy atom. The minimum atomic E-state index is -0.369. The van der Waals surface area contributed by atoms with Crippen molar-refractivity contribution in [3.05, 3.63) is 22.4 Å². The van der Waals surface area contributed by atoms with Crippen molar-refractivity contribution in [1.29, 1.82) is 0 Å². The van der Waals surface area contributed by atoms with Crippen LogP contribution in [0.2, 0.25) is 0 Å². The van der Waals surface area contributed by atoms with Gasteiger partial charge in [0.05, 0.1) is 5.41 Å². The Bertz CT molecular complexity index is 273. The third-order valence-corrected chi connectivity index (χ3v) is 3.61. The van der Waals surface area contributed by atoms with E-state index in [4.69, 9.17) is 4.74 Å². The van der Waals surface area contributed by atoms with Crippen molar-refractivity contribution in [2.45, 2.75) is 18.3 Å². The molecule has 1 aromatic heterocycles. The smallest absolute Gasteiger partial charge is 0.210 e. The van der Waals surface area contributed by atoms with Crippen LogP contribution in [-0.4, -0.2) is 19.5 Å². The van der Waals surface area contributed by atoms with Crippen LogP contribution in [0.4, 0.5) is 0 Å². The quantitative estimate of drug-likeness (QED) is 0.720. The molecule has 0 aliphatic carbocycles. The van der Waals surface area contributed by atoms with Crippen LogP contribution in [0.5, 0.6) is 0 Å². The van der Waals surface area contributed by atoms with Crippen LogP contribution in [0, 0.1) is 0 Å². The van der Waals surface area contributed by atoms with Crippen LogP contribution in [0.15, 0.2) is 17.5 Å². The van der Waals surface area contributed by atoms with E-state index in [1.165, 1.54) is 0 Å². The lowest BCUT2D eigenvalue weighted by atomic mass is 9.80. The molecule has 0 N–H and O–H groups in total. The molecule has 0 atom stereocenters. The predicted octanol–water partition coefficient (Wildman–Crippen LogP) is 1.91. The molecule has 0 aromatic carbocycles. The van der Waals surface area contributed by atoms with E-state index in [0.717, 1.165) is 17.7 Å². The maximum atomic E-state index is 11.0. The van der Waals surface area contributed by atoms with E-state index in [1.54, 1.807) is 11.3 Å². The van der Waals surface area contributed by atoms with Crippen LogP contribution < -0.4 is 0 Å². The first-order valence-corrected chi connectivity index (χ1v) is 5.26. The molecule has 1 aromatic rings. The molecule has 0 spiro atoms. The summed E-state index contributed by atoms with van der Waals surface area (Å²) in [5, 5.41) is 2.00. The SMILES string of the molecule is O=[C]C1(c2cccs2)CCOCC1. The van der Waals surface area contributed by atoms with Crippen molar-refractivity contribution in [1.82, 2.24) is 0 Å². The molecule has 0 bridgehead atoms. The van der Waals surface area contributed by atoms with Gasteiger partial charge in [0.2, 0.25) is 6.29 Å². The summed E-state index contributed by atoms with van der Waals surface area (Å²) in [4.78, 5) is 12.1. The Balaban J connectivity index is 2.28. The van der Waals surface area contributed by atoms with E-state index in [2.05, 4.69) is 6.29 Å². The lowest BCUT2D eigenvalue weighted by Crippen LogP contribution is -2.34. The Labute approximate surface area is 81.5 Å². The molecule has 13 heavy (non-hydrogen) atoms. The van der Waals surface area contributed by atoms with Crippen molar-refractivity contribution in [2.75, 3.05) is 13.2 Å². The Morgan fingerprint density at radius 3 is 2.77 bits per heavy atom. The summed E-state index contributed by atoms with van der Waals surface area (Å²) in [5.41, 5.74) is -0.369. The fourth-order valence-corrected chi connectivity index (χ4v) is 2.60. The molecule has 0 unspecified atom stereocenters. The molecular formula is C10H11O2S. The first-order chi connectivity index (χ1) is 6.37. The van der Waals surface area contributed by atoms with Crippen molar-refractivity contribution in [2.24, 2.45) is 0 Å². The third-order valence-electron chi connectivity index (χ3n) is 2.53. The normalized spacial score (nSPS) is 21.2. The second-order valence-electron chi connectivity index (χ2n) is 3.27. The number of rotatable bonds is 2. The molecular weight excluding hydrogens is 184 g/mol. The maximum Gasteiger partial charge on any atom is 0.210 e. The van der Waals surface area contributed by atoms with Gasteiger partial charge in [0.1, 0.15) is 0 Å². The number of ether oxygens (including phenoxy) is 1. The largest absolute Gasteiger partial charge is 0.381 e. The van der Waals surface area contributed by atoms with Crippen LogP contribution in [0.3, 0.4) is 0 Å². The highest BCUT2D eigenvalue weighted by atomic mass is 32.1. The number of thiophene rings is 1. The summed E-state index contributed by atoms with van der Waals surface area (Å²) in [6.45, 7) is 1.35. The van der Waals surface area contributed by atoms with Gasteiger partial charge >= 0.3 is 0 Å². The minimum Gasteiger partial charge on any atom is -0.381 e. The molecule has 1 aliphatic heterocycles. The molecule has 2 heterocycles. The topological polar surface area (TPSA) is 26.3 Å². The standard InChI is InChI=1S/C10H11O2S/c11-8-10(3-5-12-6-4-10)9-2-1-7-13-9/h1-2,7H,3-6H2. The summed E-state index contributed by atoms with van der Waals surface area (Å²) >= 11 is 1.63. The second-order valence-corrected chi connectivity index (χ2v) is 4.22. The number of hydrogen-bond acceptors (Lipinski definition) is 3. The van der Waals surface area contributed by atoms with Gasteiger partial charge in [-0.3, -0.25) is 4.79 Å². The molecule has 2 nitrogen and oxygen atoms in total. The monoisotopic (exact) mass is 195 g/mol. The van der Waals surface area contributed by atoms with Gasteiger partial charge < -0.3 is 4.74 Å². The molecule has 2 rings (SSSR count). The maximum absolute atomic E-state index is 11.0. The highest BCUT2D eigenvalue weighted by Crippen LogP contribution is 2.35. The highest BCUT2D eigenvalue weighted by Gasteiger charge is 2.35. The molecule has 1 aliphatic rings. The summed E-state index contributed by atoms with van der Waals surface area (Å²) < 4.78 is 5.25. The van der Waals surface area contributed by atoms with E-state index < -0.39 is 0 Å². The molecule has 0 saturated carbocycles. The zero-order valence-electron chi connectivity index (χ0n) is 7.29. The van der Waals surface area contributed by atoms with Crippen molar-refractivity contribution >= 4 is 17.6 Å². The van der Waals surface area contributed by atoms with Crippen LogP contribution in [-0.2, 0) is 14.9 Å². The fraction of sp³-hybridized carbons (Fsp3) is 0.500. The molecule has 69 valence electrons. The first kappa shape index (κ1) is 8.91. The van der Waals surface area contributed by atoms with Crippen molar-refractivity contribution in [3.8, 4) is 0 Å². The summed E-state index contributed by atoms with van der Waals surface area (Å²) in [6.07, 6.45) is 3.75.